The second-order valence-electron chi connectivity index (χ2n) is 2.17. The highest BCUT2D eigenvalue weighted by Crippen LogP contribution is 2.03. The number of rotatable bonds is 2. The third kappa shape index (κ3) is 6.27. The molecule has 0 aromatic carbocycles. The van der Waals surface area contributed by atoms with Gasteiger partial charge in [-0.05, 0) is 12.1 Å². The summed E-state index contributed by atoms with van der Waals surface area (Å²) in [4.78, 5) is 22.8. The number of pyridine rings is 1. The van der Waals surface area contributed by atoms with E-state index in [0.717, 1.165) is 4.47 Å². The maximum Gasteiger partial charge on any atom is 0.327 e. The lowest BCUT2D eigenvalue weighted by molar-refractivity contribution is -0.139. The fourth-order valence-corrected chi connectivity index (χ4v) is 0.628. The third-order valence-corrected chi connectivity index (χ3v) is 1.60. The Kier molecular flexibility index (Phi) is 6.51. The lowest BCUT2D eigenvalue weighted by Crippen LogP contribution is -2.31. The number of carbonyl (C=O) groups is 2. The Morgan fingerprint density at radius 1 is 1.57 bits per heavy atom. The van der Waals surface area contributed by atoms with Crippen LogP contribution in [-0.4, -0.2) is 28.4 Å². The molecule has 76 valence electrons. The highest BCUT2D eigenvalue weighted by molar-refractivity contribution is 9.10. The highest BCUT2D eigenvalue weighted by atomic mass is 79.9. The molecule has 3 N–H and O–H groups in total. The topological polar surface area (TPSA) is 93.3 Å². The fraction of sp³-hybridized carbons (Fsp3) is 0.125. The lowest BCUT2D eigenvalue weighted by Gasteiger charge is -1.89. The monoisotopic (exact) mass is 260 g/mol. The van der Waals surface area contributed by atoms with Gasteiger partial charge in [0, 0.05) is 16.9 Å². The van der Waals surface area contributed by atoms with E-state index in [1.54, 1.807) is 12.4 Å². The molecule has 14 heavy (non-hydrogen) atoms. The van der Waals surface area contributed by atoms with Gasteiger partial charge < -0.3 is 15.6 Å². The molecule has 5 nitrogen and oxygen atoms in total. The molecule has 0 amide bonds. The summed E-state index contributed by atoms with van der Waals surface area (Å²) in [6.07, 6.45) is 3.65. The van der Waals surface area contributed by atoms with Crippen LogP contribution in [0, 0.1) is 0 Å². The van der Waals surface area contributed by atoms with Gasteiger partial charge in [0.1, 0.15) is 6.29 Å². The molecule has 0 saturated carbocycles. The van der Waals surface area contributed by atoms with Crippen molar-refractivity contribution >= 4 is 28.2 Å². The van der Waals surface area contributed by atoms with Gasteiger partial charge in [-0.25, -0.2) is 0 Å². The van der Waals surface area contributed by atoms with Crippen molar-refractivity contribution in [3.63, 3.8) is 0 Å². The van der Waals surface area contributed by atoms with Crippen LogP contribution in [-0.2, 0) is 9.59 Å². The molecule has 0 aliphatic carbocycles. The van der Waals surface area contributed by atoms with Crippen molar-refractivity contribution in [1.82, 2.24) is 4.98 Å². The Bertz CT molecular complexity index is 292. The molecule has 0 spiro atoms. The normalized spacial score (nSPS) is 10.7. The van der Waals surface area contributed by atoms with Gasteiger partial charge in [0.25, 0.3) is 0 Å². The number of hydrogen-bond donors (Lipinski definition) is 2. The minimum Gasteiger partial charge on any atom is -0.480 e. The first-order chi connectivity index (χ1) is 6.57. The zero-order chi connectivity index (χ0) is 11.0. The van der Waals surface area contributed by atoms with E-state index in [1.807, 2.05) is 12.1 Å². The number of aliphatic carboxylic acids is 1. The number of aldehydes is 1. The van der Waals surface area contributed by atoms with Crippen LogP contribution in [0.1, 0.15) is 0 Å². The van der Waals surface area contributed by atoms with Gasteiger partial charge in [-0.15, -0.1) is 0 Å². The van der Waals surface area contributed by atoms with E-state index < -0.39 is 12.0 Å². The number of carbonyl (C=O) groups excluding carboxylic acids is 1. The van der Waals surface area contributed by atoms with E-state index in [0.29, 0.717) is 0 Å². The van der Waals surface area contributed by atoms with Crippen molar-refractivity contribution in [3.05, 3.63) is 29.0 Å². The molecule has 0 radical (unpaired) electrons. The van der Waals surface area contributed by atoms with E-state index in [-0.39, 0.29) is 6.29 Å². The largest absolute Gasteiger partial charge is 0.480 e. The second-order valence-corrected chi connectivity index (χ2v) is 3.08. The number of nitrogens with two attached hydrogens (primary N) is 1. The van der Waals surface area contributed by atoms with E-state index in [9.17, 15) is 9.59 Å². The average molecular weight is 261 g/mol. The van der Waals surface area contributed by atoms with Gasteiger partial charge in [0.15, 0.2) is 6.04 Å². The van der Waals surface area contributed by atoms with Crippen molar-refractivity contribution in [2.24, 2.45) is 5.73 Å². The molecular weight excluding hydrogens is 252 g/mol. The molecular formula is C8H9BrN2O3. The van der Waals surface area contributed by atoms with Crippen LogP contribution >= 0.6 is 15.9 Å². The summed E-state index contributed by atoms with van der Waals surface area (Å²) in [5, 5.41) is 7.83. The third-order valence-electron chi connectivity index (χ3n) is 1.07. The predicted molar refractivity (Wildman–Crippen MR) is 53.6 cm³/mol. The summed E-state index contributed by atoms with van der Waals surface area (Å²) in [7, 11) is 0. The maximum atomic E-state index is 9.57. The fourth-order valence-electron chi connectivity index (χ4n) is 0.392. The molecule has 1 aromatic heterocycles. The van der Waals surface area contributed by atoms with Crippen LogP contribution < -0.4 is 5.73 Å². The summed E-state index contributed by atoms with van der Waals surface area (Å²) >= 11 is 3.27. The smallest absolute Gasteiger partial charge is 0.327 e. The highest BCUT2D eigenvalue weighted by Gasteiger charge is 2.06. The van der Waals surface area contributed by atoms with E-state index in [2.05, 4.69) is 26.6 Å². The van der Waals surface area contributed by atoms with Gasteiger partial charge in [0.05, 0.1) is 0 Å². The Morgan fingerprint density at radius 3 is 2.21 bits per heavy atom. The van der Waals surface area contributed by atoms with Gasteiger partial charge in [-0.2, -0.15) is 0 Å². The molecule has 0 bridgehead atoms. The summed E-state index contributed by atoms with van der Waals surface area (Å²) in [5.74, 6) is -1.30. The zero-order valence-corrected chi connectivity index (χ0v) is 8.72. The van der Waals surface area contributed by atoms with Gasteiger partial charge in [-0.3, -0.25) is 9.78 Å². The van der Waals surface area contributed by atoms with Crippen LogP contribution in [0.5, 0.6) is 0 Å². The quantitative estimate of drug-likeness (QED) is 0.595. The Labute approximate surface area is 89.1 Å². The Morgan fingerprint density at radius 2 is 2.07 bits per heavy atom. The van der Waals surface area contributed by atoms with Crippen LogP contribution in [0.4, 0.5) is 0 Å². The summed E-state index contributed by atoms with van der Waals surface area (Å²) in [6.45, 7) is 0. The van der Waals surface area contributed by atoms with Gasteiger partial charge >= 0.3 is 5.97 Å². The first-order valence-corrected chi connectivity index (χ1v) is 4.36. The first-order valence-electron chi connectivity index (χ1n) is 3.57. The molecule has 0 aliphatic rings. The second kappa shape index (κ2) is 7.16. The molecule has 0 fully saturated rings. The molecule has 1 heterocycles. The lowest BCUT2D eigenvalue weighted by atomic mass is 10.4. The van der Waals surface area contributed by atoms with Crippen molar-refractivity contribution in [1.29, 1.82) is 0 Å². The molecule has 6 heteroatoms. The number of aromatic nitrogens is 1. The molecule has 1 atom stereocenters. The minimum absolute atomic E-state index is 0.169. The van der Waals surface area contributed by atoms with E-state index >= 15 is 0 Å². The van der Waals surface area contributed by atoms with Crippen LogP contribution in [0.3, 0.4) is 0 Å². The molecule has 1 rings (SSSR count). The number of carboxylic acid groups (broad SMARTS) is 1. The molecule has 1 aromatic rings. The molecule has 0 aliphatic heterocycles. The number of carboxylic acids is 1. The summed E-state index contributed by atoms with van der Waals surface area (Å²) in [6, 6.07) is 2.42. The average Bonchev–Trinajstić information content (AvgIpc) is 2.18. The van der Waals surface area contributed by atoms with Crippen molar-refractivity contribution in [2.45, 2.75) is 6.04 Å². The van der Waals surface area contributed by atoms with Gasteiger partial charge in [0.2, 0.25) is 0 Å². The molecule has 1 unspecified atom stereocenters. The van der Waals surface area contributed by atoms with E-state index in [4.69, 9.17) is 5.11 Å². The van der Waals surface area contributed by atoms with Crippen molar-refractivity contribution in [2.75, 3.05) is 0 Å². The van der Waals surface area contributed by atoms with Crippen LogP contribution in [0.2, 0.25) is 0 Å². The zero-order valence-electron chi connectivity index (χ0n) is 7.13. The summed E-state index contributed by atoms with van der Waals surface area (Å²) in [5.41, 5.74) is 4.65. The SMILES string of the molecule is Brc1ccncc1.NC(C=O)C(=O)O. The Balaban J connectivity index is 0.000000241. The number of nitrogens with zero attached hydrogens (tertiary/aromatic N) is 1. The summed E-state index contributed by atoms with van der Waals surface area (Å²) < 4.78 is 1.07. The van der Waals surface area contributed by atoms with Crippen molar-refractivity contribution in [3.8, 4) is 0 Å². The molecule has 0 saturated heterocycles. The van der Waals surface area contributed by atoms with Crippen molar-refractivity contribution < 1.29 is 14.7 Å². The minimum atomic E-state index is -1.36. The standard InChI is InChI=1S/C5H4BrN.C3H5NO3/c6-5-1-3-7-4-2-5;4-2(1-5)3(6)7/h1-4H;1-2H,4H2,(H,6,7). The van der Waals surface area contributed by atoms with Gasteiger partial charge in [-0.1, -0.05) is 15.9 Å². The van der Waals surface area contributed by atoms with E-state index in [1.165, 1.54) is 0 Å². The number of halogens is 1. The maximum absolute atomic E-state index is 9.57. The Hall–Kier alpha value is -1.27. The van der Waals surface area contributed by atoms with Crippen LogP contribution in [0.25, 0.3) is 0 Å². The number of hydrogen-bond acceptors (Lipinski definition) is 4. The predicted octanol–water partition coefficient (Wildman–Crippen LogP) is 0.441. The first kappa shape index (κ1) is 12.7. The van der Waals surface area contributed by atoms with Crippen LogP contribution in [0.15, 0.2) is 29.0 Å².